The number of hydrogen-bond donors (Lipinski definition) is 1. The van der Waals surface area contributed by atoms with Gasteiger partial charge in [0.2, 0.25) is 0 Å². The molecule has 1 heterocycles. The fraction of sp³-hybridized carbons (Fsp3) is 0.233. The van der Waals surface area contributed by atoms with E-state index in [-0.39, 0.29) is 10.7 Å². The van der Waals surface area contributed by atoms with E-state index in [4.69, 9.17) is 5.73 Å². The molecule has 0 unspecified atom stereocenters. The van der Waals surface area contributed by atoms with Crippen molar-refractivity contribution in [1.82, 2.24) is 9.19 Å². The van der Waals surface area contributed by atoms with Gasteiger partial charge in [0, 0.05) is 57.0 Å². The van der Waals surface area contributed by atoms with Crippen LogP contribution in [0.5, 0.6) is 0 Å². The molecule has 0 atom stereocenters. The fourth-order valence-corrected chi connectivity index (χ4v) is 6.37. The summed E-state index contributed by atoms with van der Waals surface area (Å²) in [5.41, 5.74) is 12.1. The van der Waals surface area contributed by atoms with E-state index in [1.54, 1.807) is 24.3 Å². The van der Waals surface area contributed by atoms with E-state index < -0.39 is 15.4 Å². The van der Waals surface area contributed by atoms with Gasteiger partial charge in [0.25, 0.3) is 10.0 Å². The Morgan fingerprint density at radius 3 is 1.79 bits per heavy atom. The van der Waals surface area contributed by atoms with Crippen LogP contribution < -0.4 is 15.5 Å². The quantitative estimate of drug-likeness (QED) is 0.391. The number of nitrogens with zero attached hydrogens (tertiary/aromatic N) is 4. The molecule has 0 saturated heterocycles. The lowest BCUT2D eigenvalue weighted by molar-refractivity contribution is 0.565. The first-order valence-corrected chi connectivity index (χ1v) is 13.9. The molecule has 7 nitrogen and oxygen atoms in total. The topological polar surface area (TPSA) is 84.5 Å². The number of allylic oxidation sites excluding steroid dienone is 1. The first-order valence-electron chi connectivity index (χ1n) is 12.5. The van der Waals surface area contributed by atoms with E-state index in [9.17, 15) is 8.42 Å². The van der Waals surface area contributed by atoms with Gasteiger partial charge >= 0.3 is 0 Å². The third-order valence-corrected chi connectivity index (χ3v) is 8.97. The van der Waals surface area contributed by atoms with Crippen molar-refractivity contribution in [3.63, 3.8) is 0 Å². The van der Waals surface area contributed by atoms with E-state index >= 15 is 0 Å². The summed E-state index contributed by atoms with van der Waals surface area (Å²) in [5.74, 6) is 0.200. The highest BCUT2D eigenvalue weighted by molar-refractivity contribution is 7.89. The lowest BCUT2D eigenvalue weighted by Gasteiger charge is -2.35. The number of anilines is 3. The van der Waals surface area contributed by atoms with Crippen LogP contribution in [-0.4, -0.2) is 45.8 Å². The van der Waals surface area contributed by atoms with E-state index in [0.717, 1.165) is 32.2 Å². The second-order valence-corrected chi connectivity index (χ2v) is 12.0. The highest BCUT2D eigenvalue weighted by Gasteiger charge is 2.39. The van der Waals surface area contributed by atoms with Gasteiger partial charge < -0.3 is 15.5 Å². The van der Waals surface area contributed by atoms with Gasteiger partial charge in [-0.2, -0.15) is 12.5 Å². The molecule has 5 rings (SSSR count). The van der Waals surface area contributed by atoms with Crippen LogP contribution in [0, 0.1) is 6.92 Å². The Balaban J connectivity index is 1.69. The van der Waals surface area contributed by atoms with Gasteiger partial charge in [-0.1, -0.05) is 54.1 Å². The van der Waals surface area contributed by atoms with Gasteiger partial charge in [-0.25, -0.2) is 0 Å². The molecule has 0 saturated carbocycles. The highest BCUT2D eigenvalue weighted by atomic mass is 32.2. The molecule has 1 aliphatic rings. The summed E-state index contributed by atoms with van der Waals surface area (Å²) in [6.07, 6.45) is 4.43. The second kappa shape index (κ2) is 9.36. The first-order chi connectivity index (χ1) is 18.0. The Kier molecular flexibility index (Phi) is 6.31. The Bertz CT molecular complexity index is 1550. The molecule has 0 amide bonds. The average Bonchev–Trinajstić information content (AvgIpc) is 3.25. The summed E-state index contributed by atoms with van der Waals surface area (Å²) in [4.78, 5) is 4.29. The summed E-state index contributed by atoms with van der Waals surface area (Å²) in [6.45, 7) is 1.92. The summed E-state index contributed by atoms with van der Waals surface area (Å²) < 4.78 is 28.7. The maximum Gasteiger partial charge on any atom is 0.283 e. The van der Waals surface area contributed by atoms with Crippen molar-refractivity contribution in [1.29, 1.82) is 0 Å². The number of rotatable bonds is 6. The molecule has 196 valence electrons. The zero-order valence-electron chi connectivity index (χ0n) is 22.4. The third kappa shape index (κ3) is 4.24. The van der Waals surface area contributed by atoms with Crippen LogP contribution in [0.25, 0.3) is 6.08 Å². The van der Waals surface area contributed by atoms with Crippen LogP contribution in [0.2, 0.25) is 0 Å². The molecule has 0 aliphatic heterocycles. The SMILES string of the molecule is Cc1ccc(S(=O)(=O)n2nc(N)c3c2CC(c2ccc(N(C)C)cc2)(c2ccc(N(C)C)cc2)C=C3)cc1. The standard InChI is InChI=1S/C30H33N5O2S/c1-21-6-16-26(17-7-21)38(36,37)35-28-20-30(19-18-27(28)29(31)32-35,22-8-12-24(13-9-22)33(2)3)23-10-14-25(15-11-23)34(4)5/h6-19H,20H2,1-5H3,(H2,31,32). The molecule has 0 spiro atoms. The number of aromatic nitrogens is 2. The molecule has 4 aromatic rings. The van der Waals surface area contributed by atoms with Crippen molar-refractivity contribution in [2.75, 3.05) is 43.7 Å². The first kappa shape index (κ1) is 25.6. The normalized spacial score (nSPS) is 14.2. The van der Waals surface area contributed by atoms with Gasteiger partial charge in [-0.05, 0) is 54.4 Å². The molecule has 2 N–H and O–H groups in total. The largest absolute Gasteiger partial charge is 0.382 e. The fourth-order valence-electron chi connectivity index (χ4n) is 5.04. The summed E-state index contributed by atoms with van der Waals surface area (Å²) in [7, 11) is 4.09. The molecule has 0 fully saturated rings. The predicted octanol–water partition coefficient (Wildman–Crippen LogP) is 4.70. The maximum absolute atomic E-state index is 13.8. The number of nitrogen functional groups attached to an aromatic ring is 1. The van der Waals surface area contributed by atoms with Gasteiger partial charge in [-0.15, -0.1) is 5.10 Å². The summed E-state index contributed by atoms with van der Waals surface area (Å²) in [5, 5.41) is 4.33. The molecule has 0 bridgehead atoms. The van der Waals surface area contributed by atoms with Crippen LogP contribution in [0.15, 0.2) is 83.8 Å². The highest BCUT2D eigenvalue weighted by Crippen LogP contribution is 2.44. The maximum atomic E-state index is 13.8. The van der Waals surface area contributed by atoms with Crippen molar-refractivity contribution in [3.8, 4) is 0 Å². The van der Waals surface area contributed by atoms with Gasteiger partial charge in [-0.3, -0.25) is 0 Å². The Hall–Kier alpha value is -4.04. The number of hydrogen-bond acceptors (Lipinski definition) is 6. The molecule has 1 aromatic heterocycles. The lowest BCUT2D eigenvalue weighted by atomic mass is 9.68. The van der Waals surface area contributed by atoms with Crippen LogP contribution in [0.3, 0.4) is 0 Å². The van der Waals surface area contributed by atoms with Crippen molar-refractivity contribution in [2.45, 2.75) is 23.7 Å². The smallest absolute Gasteiger partial charge is 0.283 e. The van der Waals surface area contributed by atoms with E-state index in [2.05, 4.69) is 69.5 Å². The molecule has 0 radical (unpaired) electrons. The molecular weight excluding hydrogens is 494 g/mol. The molecule has 3 aromatic carbocycles. The number of aryl methyl sites for hydroxylation is 1. The van der Waals surface area contributed by atoms with Crippen molar-refractivity contribution >= 4 is 33.3 Å². The number of nitrogens with two attached hydrogens (primary N) is 1. The van der Waals surface area contributed by atoms with Gasteiger partial charge in [0.1, 0.15) is 0 Å². The second-order valence-electron chi connectivity index (χ2n) is 10.3. The lowest BCUT2D eigenvalue weighted by Crippen LogP contribution is -2.33. The Morgan fingerprint density at radius 1 is 0.816 bits per heavy atom. The zero-order chi connectivity index (χ0) is 27.2. The summed E-state index contributed by atoms with van der Waals surface area (Å²) in [6, 6.07) is 23.6. The zero-order valence-corrected chi connectivity index (χ0v) is 23.2. The molecule has 38 heavy (non-hydrogen) atoms. The minimum Gasteiger partial charge on any atom is -0.382 e. The Morgan fingerprint density at radius 2 is 1.32 bits per heavy atom. The van der Waals surface area contributed by atoms with Crippen molar-refractivity contribution < 1.29 is 8.42 Å². The van der Waals surface area contributed by atoms with Crippen LogP contribution in [0.4, 0.5) is 17.2 Å². The van der Waals surface area contributed by atoms with Crippen molar-refractivity contribution in [3.05, 3.63) is 107 Å². The molecule has 8 heteroatoms. The number of benzene rings is 3. The summed E-state index contributed by atoms with van der Waals surface area (Å²) >= 11 is 0. The molecule has 1 aliphatic carbocycles. The molecular formula is C30H33N5O2S. The van der Waals surface area contributed by atoms with Crippen LogP contribution >= 0.6 is 0 Å². The van der Waals surface area contributed by atoms with E-state index in [0.29, 0.717) is 17.7 Å². The van der Waals surface area contributed by atoms with E-state index in [1.165, 1.54) is 0 Å². The van der Waals surface area contributed by atoms with Gasteiger partial charge in [0.15, 0.2) is 5.82 Å². The minimum absolute atomic E-state index is 0.180. The number of fused-ring (bicyclic) bond motifs is 1. The van der Waals surface area contributed by atoms with E-state index in [1.807, 2.05) is 41.2 Å². The van der Waals surface area contributed by atoms with Crippen molar-refractivity contribution in [2.24, 2.45) is 0 Å². The monoisotopic (exact) mass is 527 g/mol. The third-order valence-electron chi connectivity index (χ3n) is 7.34. The van der Waals surface area contributed by atoms with Crippen LogP contribution in [0.1, 0.15) is 27.9 Å². The average molecular weight is 528 g/mol. The Labute approximate surface area is 224 Å². The van der Waals surface area contributed by atoms with Crippen LogP contribution in [-0.2, 0) is 21.9 Å². The predicted molar refractivity (Wildman–Crippen MR) is 155 cm³/mol. The minimum atomic E-state index is -3.95. The van der Waals surface area contributed by atoms with Gasteiger partial charge in [0.05, 0.1) is 10.6 Å².